The predicted octanol–water partition coefficient (Wildman–Crippen LogP) is 4.83. The van der Waals surface area contributed by atoms with Crippen molar-refractivity contribution >= 4 is 6.08 Å². The lowest BCUT2D eigenvalue weighted by molar-refractivity contribution is 0.0285. The molecule has 0 bridgehead atoms. The van der Waals surface area contributed by atoms with Gasteiger partial charge in [0.1, 0.15) is 11.6 Å². The molecule has 2 aromatic carbocycles. The Hall–Kier alpha value is -2.04. The quantitative estimate of drug-likeness (QED) is 0.803. The SMILES string of the molecule is NC[C@]1(c2ccc(F)cc2F)CC[C@H](OC/C=C/c2ccccc2)CC1. The molecule has 1 saturated carbocycles. The lowest BCUT2D eigenvalue weighted by Crippen LogP contribution is -2.41. The van der Waals surface area contributed by atoms with Crippen LogP contribution >= 0.6 is 0 Å². The standard InChI is InChI=1S/C22H25F2NO/c23-18-8-9-20(21(24)15-18)22(16-25)12-10-19(11-13-22)26-14-4-7-17-5-2-1-3-6-17/h1-9,15,19H,10-14,16,25H2/b7-4+/t19-,22-. The third kappa shape index (κ3) is 4.37. The average Bonchev–Trinajstić information content (AvgIpc) is 2.67. The van der Waals surface area contributed by atoms with E-state index in [2.05, 4.69) is 0 Å². The molecule has 1 fully saturated rings. The molecule has 2 aromatic rings. The van der Waals surface area contributed by atoms with Crippen molar-refractivity contribution in [1.82, 2.24) is 0 Å². The average molecular weight is 357 g/mol. The number of nitrogens with two attached hydrogens (primary N) is 1. The molecule has 4 heteroatoms. The van der Waals surface area contributed by atoms with Gasteiger partial charge in [0.25, 0.3) is 0 Å². The topological polar surface area (TPSA) is 35.2 Å². The first-order valence-electron chi connectivity index (χ1n) is 9.12. The Morgan fingerprint density at radius 3 is 2.46 bits per heavy atom. The van der Waals surface area contributed by atoms with E-state index in [0.29, 0.717) is 18.7 Å². The van der Waals surface area contributed by atoms with Crippen LogP contribution < -0.4 is 5.73 Å². The maximum Gasteiger partial charge on any atom is 0.129 e. The van der Waals surface area contributed by atoms with Crippen molar-refractivity contribution in [3.05, 3.63) is 77.4 Å². The zero-order chi connectivity index (χ0) is 18.4. The summed E-state index contributed by atoms with van der Waals surface area (Å²) >= 11 is 0. The van der Waals surface area contributed by atoms with Gasteiger partial charge in [0.15, 0.2) is 0 Å². The maximum atomic E-state index is 14.2. The second-order valence-electron chi connectivity index (χ2n) is 6.95. The molecule has 0 saturated heterocycles. The molecule has 26 heavy (non-hydrogen) atoms. The van der Waals surface area contributed by atoms with Crippen molar-refractivity contribution in [2.45, 2.75) is 37.2 Å². The number of rotatable bonds is 6. The van der Waals surface area contributed by atoms with Crippen LogP contribution in [0, 0.1) is 11.6 Å². The number of hydrogen-bond acceptors (Lipinski definition) is 2. The molecule has 3 rings (SSSR count). The summed E-state index contributed by atoms with van der Waals surface area (Å²) in [5, 5.41) is 0. The molecule has 138 valence electrons. The highest BCUT2D eigenvalue weighted by molar-refractivity contribution is 5.48. The maximum absolute atomic E-state index is 14.2. The molecule has 0 unspecified atom stereocenters. The van der Waals surface area contributed by atoms with E-state index in [4.69, 9.17) is 10.5 Å². The molecule has 0 radical (unpaired) electrons. The third-order valence-corrected chi connectivity index (χ3v) is 5.32. The number of benzene rings is 2. The Morgan fingerprint density at radius 1 is 1.08 bits per heavy atom. The van der Waals surface area contributed by atoms with E-state index in [1.165, 1.54) is 6.07 Å². The largest absolute Gasteiger partial charge is 0.374 e. The number of ether oxygens (including phenoxy) is 1. The first-order valence-corrected chi connectivity index (χ1v) is 9.12. The highest BCUT2D eigenvalue weighted by Gasteiger charge is 2.37. The summed E-state index contributed by atoms with van der Waals surface area (Å²) in [6, 6.07) is 13.9. The third-order valence-electron chi connectivity index (χ3n) is 5.32. The van der Waals surface area contributed by atoms with Crippen LogP contribution in [0.1, 0.15) is 36.8 Å². The molecule has 2 N–H and O–H groups in total. The van der Waals surface area contributed by atoms with E-state index < -0.39 is 17.0 Å². The van der Waals surface area contributed by atoms with Crippen LogP contribution in [-0.4, -0.2) is 19.3 Å². The van der Waals surface area contributed by atoms with E-state index in [1.54, 1.807) is 6.07 Å². The number of halogens is 2. The Kier molecular flexibility index (Phi) is 6.17. The van der Waals surface area contributed by atoms with Crippen LogP contribution in [0.15, 0.2) is 54.6 Å². The van der Waals surface area contributed by atoms with Crippen LogP contribution in [0.25, 0.3) is 6.08 Å². The van der Waals surface area contributed by atoms with Gasteiger partial charge in [0, 0.05) is 18.0 Å². The minimum absolute atomic E-state index is 0.151. The van der Waals surface area contributed by atoms with E-state index >= 15 is 0 Å². The summed E-state index contributed by atoms with van der Waals surface area (Å²) in [6.45, 7) is 0.913. The lowest BCUT2D eigenvalue weighted by Gasteiger charge is -2.40. The molecule has 0 heterocycles. The summed E-state index contributed by atoms with van der Waals surface area (Å²) in [6.07, 6.45) is 7.36. The fraction of sp³-hybridized carbons (Fsp3) is 0.364. The molecule has 0 amide bonds. The highest BCUT2D eigenvalue weighted by Crippen LogP contribution is 2.40. The second kappa shape index (κ2) is 8.56. The minimum atomic E-state index is -0.555. The molecule has 0 spiro atoms. The van der Waals surface area contributed by atoms with Gasteiger partial charge in [-0.1, -0.05) is 48.6 Å². The highest BCUT2D eigenvalue weighted by atomic mass is 19.1. The lowest BCUT2D eigenvalue weighted by atomic mass is 9.68. The van der Waals surface area contributed by atoms with Crippen LogP contribution in [-0.2, 0) is 10.2 Å². The molecule has 0 aromatic heterocycles. The smallest absolute Gasteiger partial charge is 0.129 e. The molecule has 2 nitrogen and oxygen atoms in total. The van der Waals surface area contributed by atoms with Crippen LogP contribution in [0.3, 0.4) is 0 Å². The minimum Gasteiger partial charge on any atom is -0.374 e. The fourth-order valence-corrected chi connectivity index (χ4v) is 3.75. The van der Waals surface area contributed by atoms with Crippen LogP contribution in [0.4, 0.5) is 8.78 Å². The van der Waals surface area contributed by atoms with Crippen molar-refractivity contribution in [2.75, 3.05) is 13.2 Å². The fourth-order valence-electron chi connectivity index (χ4n) is 3.75. The molecule has 1 aliphatic rings. The molecular weight excluding hydrogens is 332 g/mol. The Labute approximate surface area is 153 Å². The Morgan fingerprint density at radius 2 is 1.81 bits per heavy atom. The summed E-state index contributed by atoms with van der Waals surface area (Å²) in [5.74, 6) is -1.05. The van der Waals surface area contributed by atoms with Crippen LogP contribution in [0.5, 0.6) is 0 Å². The zero-order valence-corrected chi connectivity index (χ0v) is 14.8. The summed E-state index contributed by atoms with van der Waals surface area (Å²) < 4.78 is 33.4. The number of hydrogen-bond donors (Lipinski definition) is 1. The monoisotopic (exact) mass is 357 g/mol. The van der Waals surface area contributed by atoms with Gasteiger partial charge < -0.3 is 10.5 Å². The normalized spacial score (nSPS) is 23.4. The van der Waals surface area contributed by atoms with Gasteiger partial charge in [-0.15, -0.1) is 0 Å². The summed E-state index contributed by atoms with van der Waals surface area (Å²) in [7, 11) is 0. The molecule has 0 aliphatic heterocycles. The Balaban J connectivity index is 1.55. The van der Waals surface area contributed by atoms with Gasteiger partial charge in [-0.2, -0.15) is 0 Å². The molecule has 0 atom stereocenters. The Bertz CT molecular complexity index is 737. The second-order valence-corrected chi connectivity index (χ2v) is 6.95. The summed E-state index contributed by atoms with van der Waals surface area (Å²) in [4.78, 5) is 0. The first kappa shape index (κ1) is 18.7. The van der Waals surface area contributed by atoms with Gasteiger partial charge in [0.05, 0.1) is 12.7 Å². The molecule has 1 aliphatic carbocycles. The predicted molar refractivity (Wildman–Crippen MR) is 101 cm³/mol. The van der Waals surface area contributed by atoms with Crippen molar-refractivity contribution in [1.29, 1.82) is 0 Å². The van der Waals surface area contributed by atoms with Gasteiger partial charge in [-0.3, -0.25) is 0 Å². The van der Waals surface area contributed by atoms with Gasteiger partial charge in [-0.05, 0) is 42.9 Å². The van der Waals surface area contributed by atoms with E-state index in [1.807, 2.05) is 42.5 Å². The first-order chi connectivity index (χ1) is 12.6. The van der Waals surface area contributed by atoms with Crippen LogP contribution in [0.2, 0.25) is 0 Å². The van der Waals surface area contributed by atoms with E-state index in [-0.39, 0.29) is 6.10 Å². The van der Waals surface area contributed by atoms with E-state index in [0.717, 1.165) is 37.3 Å². The van der Waals surface area contributed by atoms with Crippen molar-refractivity contribution in [3.8, 4) is 0 Å². The summed E-state index contributed by atoms with van der Waals surface area (Å²) in [5.41, 5.74) is 7.26. The van der Waals surface area contributed by atoms with Gasteiger partial charge in [-0.25, -0.2) is 8.78 Å². The van der Waals surface area contributed by atoms with Crippen molar-refractivity contribution < 1.29 is 13.5 Å². The van der Waals surface area contributed by atoms with Crippen molar-refractivity contribution in [2.24, 2.45) is 5.73 Å². The van der Waals surface area contributed by atoms with Gasteiger partial charge in [0.2, 0.25) is 0 Å². The van der Waals surface area contributed by atoms with Crippen molar-refractivity contribution in [3.63, 3.8) is 0 Å². The zero-order valence-electron chi connectivity index (χ0n) is 14.8. The van der Waals surface area contributed by atoms with Gasteiger partial charge >= 0.3 is 0 Å². The molecular formula is C22H25F2NO. The van der Waals surface area contributed by atoms with E-state index in [9.17, 15) is 8.78 Å².